The number of carbonyl (C=O) groups is 1. The highest BCUT2D eigenvalue weighted by atomic mass is 19.1. The molecule has 158 valence electrons. The first-order valence-corrected chi connectivity index (χ1v) is 10.5. The lowest BCUT2D eigenvalue weighted by Crippen LogP contribution is -2.29. The van der Waals surface area contributed by atoms with Gasteiger partial charge in [-0.15, -0.1) is 0 Å². The second-order valence-electron chi connectivity index (χ2n) is 7.79. The number of phenolic OH excluding ortho intramolecular Hbond substituents is 1. The van der Waals surface area contributed by atoms with Crippen molar-refractivity contribution in [1.29, 1.82) is 0 Å². The fourth-order valence-corrected chi connectivity index (χ4v) is 4.47. The van der Waals surface area contributed by atoms with Crippen LogP contribution in [0.5, 0.6) is 5.75 Å². The molecule has 1 saturated heterocycles. The number of benzene rings is 2. The van der Waals surface area contributed by atoms with Gasteiger partial charge in [-0.05, 0) is 70.1 Å². The molecular formula is C24H27FN2O3. The molecule has 0 bridgehead atoms. The third-order valence-electron chi connectivity index (χ3n) is 5.83. The van der Waals surface area contributed by atoms with E-state index in [4.69, 9.17) is 4.74 Å². The molecule has 3 aromatic rings. The second kappa shape index (κ2) is 8.48. The van der Waals surface area contributed by atoms with Crippen LogP contribution in [0.15, 0.2) is 36.4 Å². The van der Waals surface area contributed by atoms with E-state index in [0.717, 1.165) is 37.0 Å². The Bertz CT molecular complexity index is 1080. The molecule has 1 aromatic heterocycles. The minimum Gasteiger partial charge on any atom is -0.508 e. The zero-order valence-corrected chi connectivity index (χ0v) is 17.4. The summed E-state index contributed by atoms with van der Waals surface area (Å²) in [5.74, 6) is -0.616. The number of ether oxygens (including phenoxy) is 1. The molecule has 6 heteroatoms. The highest BCUT2D eigenvalue weighted by Gasteiger charge is 2.26. The number of nitrogens with zero attached hydrogens (tertiary/aromatic N) is 2. The van der Waals surface area contributed by atoms with E-state index in [2.05, 4.69) is 4.90 Å². The standard InChI is InChI=1S/C24H27FN2O3/c1-3-30-24(29)22-16(2)27(18-9-7-8-17(25)14-18)20-10-11-21(28)19(23(20)22)15-26-12-5-4-6-13-26/h7-11,14,28H,3-6,12-13,15H2,1-2H3. The number of carbonyl (C=O) groups excluding carboxylic acids is 1. The van der Waals surface area contributed by atoms with E-state index >= 15 is 0 Å². The Labute approximate surface area is 175 Å². The molecule has 1 fully saturated rings. The topological polar surface area (TPSA) is 54.7 Å². The van der Waals surface area contributed by atoms with E-state index in [1.54, 1.807) is 25.1 Å². The largest absolute Gasteiger partial charge is 0.508 e. The minimum atomic E-state index is -0.430. The molecule has 5 nitrogen and oxygen atoms in total. The van der Waals surface area contributed by atoms with Gasteiger partial charge in [0.2, 0.25) is 0 Å². The van der Waals surface area contributed by atoms with Crippen molar-refractivity contribution >= 4 is 16.9 Å². The summed E-state index contributed by atoms with van der Waals surface area (Å²) in [5, 5.41) is 11.4. The van der Waals surface area contributed by atoms with Crippen molar-refractivity contribution in [3.63, 3.8) is 0 Å². The van der Waals surface area contributed by atoms with E-state index in [-0.39, 0.29) is 18.2 Å². The molecule has 0 amide bonds. The molecular weight excluding hydrogens is 383 g/mol. The third kappa shape index (κ3) is 3.67. The van der Waals surface area contributed by atoms with Gasteiger partial charge in [0.25, 0.3) is 0 Å². The van der Waals surface area contributed by atoms with E-state index in [1.807, 2.05) is 17.6 Å². The van der Waals surface area contributed by atoms with Crippen LogP contribution in [-0.2, 0) is 11.3 Å². The predicted octanol–water partition coefficient (Wildman–Crippen LogP) is 4.95. The summed E-state index contributed by atoms with van der Waals surface area (Å²) in [6.07, 6.45) is 3.48. The molecule has 0 radical (unpaired) electrons. The number of piperidine rings is 1. The first-order chi connectivity index (χ1) is 14.5. The number of phenols is 1. The number of rotatable bonds is 5. The van der Waals surface area contributed by atoms with E-state index in [9.17, 15) is 14.3 Å². The number of aromatic hydroxyl groups is 1. The number of fused-ring (bicyclic) bond motifs is 1. The number of halogens is 1. The van der Waals surface area contributed by atoms with Gasteiger partial charge in [-0.3, -0.25) is 4.90 Å². The normalized spacial score (nSPS) is 14.9. The molecule has 1 aliphatic heterocycles. The molecule has 0 saturated carbocycles. The van der Waals surface area contributed by atoms with E-state index in [0.29, 0.717) is 28.9 Å². The Morgan fingerprint density at radius 2 is 1.93 bits per heavy atom. The molecule has 2 heterocycles. The molecule has 0 atom stereocenters. The van der Waals surface area contributed by atoms with Crippen molar-refractivity contribution in [3.05, 3.63) is 59.0 Å². The van der Waals surface area contributed by atoms with Crippen molar-refractivity contribution in [2.45, 2.75) is 39.7 Å². The predicted molar refractivity (Wildman–Crippen MR) is 115 cm³/mol. The van der Waals surface area contributed by atoms with Gasteiger partial charge in [-0.1, -0.05) is 12.5 Å². The van der Waals surface area contributed by atoms with Crippen LogP contribution in [0.2, 0.25) is 0 Å². The number of esters is 1. The maximum atomic E-state index is 14.0. The third-order valence-corrected chi connectivity index (χ3v) is 5.83. The zero-order chi connectivity index (χ0) is 21.3. The number of hydrogen-bond donors (Lipinski definition) is 1. The Morgan fingerprint density at radius 1 is 1.17 bits per heavy atom. The van der Waals surface area contributed by atoms with Gasteiger partial charge in [0.05, 0.1) is 17.7 Å². The maximum Gasteiger partial charge on any atom is 0.340 e. The lowest BCUT2D eigenvalue weighted by atomic mass is 10.0. The number of aromatic nitrogens is 1. The summed E-state index contributed by atoms with van der Waals surface area (Å²) in [5.41, 5.74) is 3.20. The smallest absolute Gasteiger partial charge is 0.340 e. The first-order valence-electron chi connectivity index (χ1n) is 10.5. The van der Waals surface area contributed by atoms with Crippen molar-refractivity contribution in [2.24, 2.45) is 0 Å². The van der Waals surface area contributed by atoms with Gasteiger partial charge < -0.3 is 14.4 Å². The van der Waals surface area contributed by atoms with Gasteiger partial charge in [0.15, 0.2) is 0 Å². The molecule has 2 aromatic carbocycles. The zero-order valence-electron chi connectivity index (χ0n) is 17.4. The molecule has 0 spiro atoms. The van der Waals surface area contributed by atoms with Crippen LogP contribution in [0.3, 0.4) is 0 Å². The fraction of sp³-hybridized carbons (Fsp3) is 0.375. The van der Waals surface area contributed by atoms with Gasteiger partial charge >= 0.3 is 5.97 Å². The Hall–Kier alpha value is -2.86. The van der Waals surface area contributed by atoms with Crippen LogP contribution in [-0.4, -0.2) is 40.2 Å². The molecule has 1 N–H and O–H groups in total. The molecule has 0 aliphatic carbocycles. The quantitative estimate of drug-likeness (QED) is 0.605. The second-order valence-corrected chi connectivity index (χ2v) is 7.79. The number of likely N-dealkylation sites (tertiary alicyclic amines) is 1. The first kappa shape index (κ1) is 20.4. The van der Waals surface area contributed by atoms with Gasteiger partial charge in [0.1, 0.15) is 11.6 Å². The lowest BCUT2D eigenvalue weighted by Gasteiger charge is -2.27. The van der Waals surface area contributed by atoms with Crippen LogP contribution >= 0.6 is 0 Å². The van der Waals surface area contributed by atoms with Gasteiger partial charge in [0, 0.05) is 28.9 Å². The molecule has 0 unspecified atom stereocenters. The van der Waals surface area contributed by atoms with Crippen LogP contribution in [0.1, 0.15) is 47.8 Å². The highest BCUT2D eigenvalue weighted by molar-refractivity contribution is 6.08. The molecule has 4 rings (SSSR count). The average Bonchev–Trinajstić information content (AvgIpc) is 3.03. The van der Waals surface area contributed by atoms with Crippen LogP contribution in [0.4, 0.5) is 4.39 Å². The average molecular weight is 410 g/mol. The molecule has 30 heavy (non-hydrogen) atoms. The van der Waals surface area contributed by atoms with Crippen molar-refractivity contribution in [1.82, 2.24) is 9.47 Å². The number of hydrogen-bond acceptors (Lipinski definition) is 4. The van der Waals surface area contributed by atoms with Gasteiger partial charge in [-0.25, -0.2) is 9.18 Å². The summed E-state index contributed by atoms with van der Waals surface area (Å²) in [6, 6.07) is 9.73. The summed E-state index contributed by atoms with van der Waals surface area (Å²) < 4.78 is 21.2. The van der Waals surface area contributed by atoms with Gasteiger partial charge in [-0.2, -0.15) is 0 Å². The minimum absolute atomic E-state index is 0.162. The Kier molecular flexibility index (Phi) is 5.77. The molecule has 1 aliphatic rings. The van der Waals surface area contributed by atoms with Crippen LogP contribution in [0.25, 0.3) is 16.6 Å². The van der Waals surface area contributed by atoms with Crippen molar-refractivity contribution in [3.8, 4) is 11.4 Å². The van der Waals surface area contributed by atoms with Crippen LogP contribution < -0.4 is 0 Å². The Morgan fingerprint density at radius 3 is 2.63 bits per heavy atom. The summed E-state index contributed by atoms with van der Waals surface area (Å²) >= 11 is 0. The summed E-state index contributed by atoms with van der Waals surface area (Å²) in [7, 11) is 0. The lowest BCUT2D eigenvalue weighted by molar-refractivity contribution is 0.0527. The maximum absolute atomic E-state index is 14.0. The SMILES string of the molecule is CCOC(=O)c1c(C)n(-c2cccc(F)c2)c2ccc(O)c(CN3CCCCC3)c12. The summed E-state index contributed by atoms with van der Waals surface area (Å²) in [6.45, 7) is 6.35. The van der Waals surface area contributed by atoms with Crippen molar-refractivity contribution in [2.75, 3.05) is 19.7 Å². The fourth-order valence-electron chi connectivity index (χ4n) is 4.47. The highest BCUT2D eigenvalue weighted by Crippen LogP contribution is 2.37. The van der Waals surface area contributed by atoms with E-state index < -0.39 is 5.97 Å². The van der Waals surface area contributed by atoms with Crippen molar-refractivity contribution < 1.29 is 19.0 Å². The van der Waals surface area contributed by atoms with E-state index in [1.165, 1.54) is 18.6 Å². The summed E-state index contributed by atoms with van der Waals surface area (Å²) in [4.78, 5) is 15.2. The Balaban J connectivity index is 1.96. The van der Waals surface area contributed by atoms with Crippen LogP contribution in [0, 0.1) is 12.7 Å². The monoisotopic (exact) mass is 410 g/mol.